The van der Waals surface area contributed by atoms with Gasteiger partial charge >= 0.3 is 18.3 Å². The largest absolute Gasteiger partial charge is 0.466 e. The smallest absolute Gasteiger partial charge is 0.416 e. The van der Waals surface area contributed by atoms with E-state index in [0.717, 1.165) is 11.3 Å². The summed E-state index contributed by atoms with van der Waals surface area (Å²) >= 11 is 1.14. The van der Waals surface area contributed by atoms with Crippen molar-refractivity contribution in [3.8, 4) is 0 Å². The highest BCUT2D eigenvalue weighted by Crippen LogP contribution is 2.38. The molecule has 1 aliphatic heterocycles. The van der Waals surface area contributed by atoms with Crippen LogP contribution in [0.3, 0.4) is 0 Å². The molecular weight excluding hydrogens is 502 g/mol. The highest BCUT2D eigenvalue weighted by atomic mass is 32.1. The number of hydrogen-bond donors (Lipinski definition) is 1. The van der Waals surface area contributed by atoms with Crippen LogP contribution in [-0.2, 0) is 33.1 Å². The number of aromatic nitrogens is 1. The van der Waals surface area contributed by atoms with Gasteiger partial charge in [0.25, 0.3) is 0 Å². The van der Waals surface area contributed by atoms with E-state index in [1.165, 1.54) is 4.90 Å². The summed E-state index contributed by atoms with van der Waals surface area (Å²) in [5.41, 5.74) is -2.45. The highest BCUT2D eigenvalue weighted by Gasteiger charge is 2.37. The molecule has 1 saturated heterocycles. The molecule has 35 heavy (non-hydrogen) atoms. The van der Waals surface area contributed by atoms with E-state index in [0.29, 0.717) is 23.0 Å². The zero-order valence-electron chi connectivity index (χ0n) is 18.5. The summed E-state index contributed by atoms with van der Waals surface area (Å²) in [5, 5.41) is 4.54. The number of nitrogens with zero attached hydrogens (tertiary/aromatic N) is 3. The van der Waals surface area contributed by atoms with Crippen molar-refractivity contribution in [1.82, 2.24) is 9.88 Å². The summed E-state index contributed by atoms with van der Waals surface area (Å²) in [6, 6.07) is 1.50. The van der Waals surface area contributed by atoms with E-state index in [1.54, 1.807) is 17.2 Å². The molecule has 1 aromatic carbocycles. The quantitative estimate of drug-likeness (QED) is 0.435. The maximum atomic E-state index is 13.1. The molecule has 1 N–H and O–H groups in total. The van der Waals surface area contributed by atoms with Gasteiger partial charge in [0, 0.05) is 37.2 Å². The molecule has 0 unspecified atom stereocenters. The van der Waals surface area contributed by atoms with Crippen LogP contribution in [-0.4, -0.2) is 61.1 Å². The van der Waals surface area contributed by atoms with Gasteiger partial charge in [0.15, 0.2) is 5.13 Å². The van der Waals surface area contributed by atoms with E-state index in [9.17, 15) is 35.9 Å². The van der Waals surface area contributed by atoms with Crippen LogP contribution in [0.1, 0.15) is 23.7 Å². The number of alkyl halides is 6. The second-order valence-corrected chi connectivity index (χ2v) is 8.56. The predicted molar refractivity (Wildman–Crippen MR) is 116 cm³/mol. The van der Waals surface area contributed by atoms with Gasteiger partial charge in [0.05, 0.1) is 36.4 Å². The van der Waals surface area contributed by atoms with Crippen molar-refractivity contribution < 1.29 is 40.7 Å². The first-order chi connectivity index (χ1) is 16.3. The van der Waals surface area contributed by atoms with E-state index < -0.39 is 29.4 Å². The monoisotopic (exact) mass is 524 g/mol. The Labute approximate surface area is 200 Å². The Kier molecular flexibility index (Phi) is 8.26. The van der Waals surface area contributed by atoms with Crippen molar-refractivity contribution in [1.29, 1.82) is 0 Å². The topological polar surface area (TPSA) is 74.8 Å². The number of carbonyl (C=O) groups is 2. The van der Waals surface area contributed by atoms with Gasteiger partial charge in [-0.15, -0.1) is 11.3 Å². The van der Waals surface area contributed by atoms with Gasteiger partial charge in [-0.25, -0.2) is 4.98 Å². The molecule has 14 heteroatoms. The maximum Gasteiger partial charge on any atom is 0.416 e. The number of hydrogen-bond acceptors (Lipinski definition) is 7. The minimum Gasteiger partial charge on any atom is -0.466 e. The lowest BCUT2D eigenvalue weighted by molar-refractivity contribution is -0.144. The second kappa shape index (κ2) is 10.8. The fourth-order valence-electron chi connectivity index (χ4n) is 3.45. The van der Waals surface area contributed by atoms with Gasteiger partial charge in [-0.3, -0.25) is 14.5 Å². The summed E-state index contributed by atoms with van der Waals surface area (Å²) in [4.78, 5) is 31.2. The number of ether oxygens (including phenoxy) is 1. The standard InChI is InChI=1S/C21H22F6N4O3S/c1-2-34-18(33)10-15-12-35-19(28-15)29-17(32)11-30-3-5-31(6-4-30)16-8-13(20(22,23)24)7-14(9-16)21(25,26)27/h7-9,12H,2-6,10-11H2,1H3,(H,28,29,32). The lowest BCUT2D eigenvalue weighted by Crippen LogP contribution is -2.48. The third kappa shape index (κ3) is 7.56. The minimum absolute atomic E-state index is 0.0201. The number of anilines is 2. The van der Waals surface area contributed by atoms with Crippen molar-refractivity contribution in [2.45, 2.75) is 25.7 Å². The number of benzene rings is 1. The Balaban J connectivity index is 1.56. The Morgan fingerprint density at radius 1 is 1.03 bits per heavy atom. The van der Waals surface area contributed by atoms with Crippen molar-refractivity contribution in [3.05, 3.63) is 40.4 Å². The number of thiazole rings is 1. The van der Waals surface area contributed by atoms with Crippen LogP contribution in [0.4, 0.5) is 37.2 Å². The number of esters is 1. The average Bonchev–Trinajstić information content (AvgIpc) is 3.19. The lowest BCUT2D eigenvalue weighted by Gasteiger charge is -2.36. The number of carbonyl (C=O) groups excluding carboxylic acids is 2. The van der Waals surface area contributed by atoms with Crippen LogP contribution in [0.25, 0.3) is 0 Å². The van der Waals surface area contributed by atoms with E-state index in [-0.39, 0.29) is 63.4 Å². The van der Waals surface area contributed by atoms with Crippen molar-refractivity contribution >= 4 is 34.0 Å². The molecule has 1 amide bonds. The minimum atomic E-state index is -4.91. The Morgan fingerprint density at radius 3 is 2.17 bits per heavy atom. The number of halogens is 6. The molecular formula is C21H22F6N4O3S. The number of nitrogens with one attached hydrogen (secondary N) is 1. The molecule has 2 heterocycles. The summed E-state index contributed by atoms with van der Waals surface area (Å²) in [5.74, 6) is -0.814. The fourth-order valence-corrected chi connectivity index (χ4v) is 4.18. The summed E-state index contributed by atoms with van der Waals surface area (Å²) < 4.78 is 83.6. The fraction of sp³-hybridized carbons (Fsp3) is 0.476. The molecule has 2 aromatic rings. The molecule has 7 nitrogen and oxygen atoms in total. The first-order valence-corrected chi connectivity index (χ1v) is 11.4. The van der Waals surface area contributed by atoms with Crippen LogP contribution < -0.4 is 10.2 Å². The third-order valence-electron chi connectivity index (χ3n) is 5.11. The zero-order valence-corrected chi connectivity index (χ0v) is 19.3. The molecule has 3 rings (SSSR count). The molecule has 0 spiro atoms. The first kappa shape index (κ1) is 26.7. The Hall–Kier alpha value is -2.87. The molecule has 0 bridgehead atoms. The Bertz CT molecular complexity index is 1020. The van der Waals surface area contributed by atoms with Crippen LogP contribution in [0.15, 0.2) is 23.6 Å². The SMILES string of the molecule is CCOC(=O)Cc1csc(NC(=O)CN2CCN(c3cc(C(F)(F)F)cc(C(F)(F)F)c3)CC2)n1. The molecule has 1 aromatic heterocycles. The summed E-state index contributed by atoms with van der Waals surface area (Å²) in [6.45, 7) is 2.71. The van der Waals surface area contributed by atoms with E-state index >= 15 is 0 Å². The second-order valence-electron chi connectivity index (χ2n) is 7.70. The average molecular weight is 524 g/mol. The number of amides is 1. The van der Waals surface area contributed by atoms with Gasteiger partial charge < -0.3 is 15.0 Å². The van der Waals surface area contributed by atoms with Crippen LogP contribution in [0.2, 0.25) is 0 Å². The Morgan fingerprint density at radius 2 is 1.63 bits per heavy atom. The van der Waals surface area contributed by atoms with Crippen LogP contribution >= 0.6 is 11.3 Å². The summed E-state index contributed by atoms with van der Waals surface area (Å²) in [6.07, 6.45) is -9.85. The molecule has 1 fully saturated rings. The molecule has 0 saturated carbocycles. The summed E-state index contributed by atoms with van der Waals surface area (Å²) in [7, 11) is 0. The molecule has 0 atom stereocenters. The van der Waals surface area contributed by atoms with Gasteiger partial charge in [-0.05, 0) is 25.1 Å². The van der Waals surface area contributed by atoms with Gasteiger partial charge in [0.1, 0.15) is 0 Å². The van der Waals surface area contributed by atoms with Crippen LogP contribution in [0.5, 0.6) is 0 Å². The zero-order chi connectivity index (χ0) is 25.8. The van der Waals surface area contributed by atoms with Gasteiger partial charge in [-0.1, -0.05) is 0 Å². The van der Waals surface area contributed by atoms with Crippen molar-refractivity contribution in [3.63, 3.8) is 0 Å². The van der Waals surface area contributed by atoms with E-state index in [2.05, 4.69) is 10.3 Å². The van der Waals surface area contributed by atoms with Crippen LogP contribution in [0, 0.1) is 0 Å². The molecule has 1 aliphatic rings. The van der Waals surface area contributed by atoms with Crippen molar-refractivity contribution in [2.75, 3.05) is 49.5 Å². The molecule has 0 aliphatic carbocycles. The normalized spacial score (nSPS) is 15.2. The number of rotatable bonds is 7. The van der Waals surface area contributed by atoms with E-state index in [1.807, 2.05) is 0 Å². The first-order valence-electron chi connectivity index (χ1n) is 10.5. The number of piperazine rings is 1. The van der Waals surface area contributed by atoms with Gasteiger partial charge in [-0.2, -0.15) is 26.3 Å². The molecule has 192 valence electrons. The van der Waals surface area contributed by atoms with E-state index in [4.69, 9.17) is 4.74 Å². The molecule has 0 radical (unpaired) electrons. The maximum absolute atomic E-state index is 13.1. The predicted octanol–water partition coefficient (Wildman–Crippen LogP) is 4.05. The lowest BCUT2D eigenvalue weighted by atomic mass is 10.1. The van der Waals surface area contributed by atoms with Gasteiger partial charge in [0.2, 0.25) is 5.91 Å². The van der Waals surface area contributed by atoms with Crippen molar-refractivity contribution in [2.24, 2.45) is 0 Å². The highest BCUT2D eigenvalue weighted by molar-refractivity contribution is 7.13. The third-order valence-corrected chi connectivity index (χ3v) is 5.91.